The number of pyridine rings is 1. The molecule has 29 nitrogen and oxygen atoms in total. The molecule has 1 aromatic heterocycles. The molecule has 95 heavy (non-hydrogen) atoms. The first-order valence-corrected chi connectivity index (χ1v) is 32.4. The van der Waals surface area contributed by atoms with Crippen LogP contribution in [0.25, 0.3) is 0 Å². The maximum atomic E-state index is 14.3. The molecule has 28 atom stereocenters. The van der Waals surface area contributed by atoms with Crippen molar-refractivity contribution in [3.8, 4) is 0 Å². The molecule has 6 heterocycles. The van der Waals surface area contributed by atoms with Crippen LogP contribution in [0.1, 0.15) is 84.8 Å². The number of rotatable bonds is 12. The molecule has 29 heteroatoms. The van der Waals surface area contributed by atoms with Crippen molar-refractivity contribution in [1.29, 1.82) is 0 Å². The van der Waals surface area contributed by atoms with Gasteiger partial charge >= 0.3 is 5.97 Å². The third-order valence-electron chi connectivity index (χ3n) is 17.8. The van der Waals surface area contributed by atoms with E-state index in [2.05, 4.69) is 15.6 Å². The number of amides is 1. The summed E-state index contributed by atoms with van der Waals surface area (Å²) in [6.45, 7) is 4.32. The van der Waals surface area contributed by atoms with E-state index in [1.807, 2.05) is 6.92 Å². The van der Waals surface area contributed by atoms with Gasteiger partial charge in [-0.2, -0.15) is 0 Å². The average molecular weight is 1350 g/mol. The lowest BCUT2D eigenvalue weighted by molar-refractivity contribution is -0.368. The third-order valence-corrected chi connectivity index (χ3v) is 17.8. The van der Waals surface area contributed by atoms with Crippen molar-refractivity contribution >= 4 is 11.9 Å². The summed E-state index contributed by atoms with van der Waals surface area (Å²) in [7, 11) is 0. The minimum atomic E-state index is -2.68. The lowest BCUT2D eigenvalue weighted by atomic mass is 9.82. The molecular formula is C66H101N3O26. The third kappa shape index (κ3) is 23.5. The van der Waals surface area contributed by atoms with Gasteiger partial charge in [-0.05, 0) is 45.2 Å². The summed E-state index contributed by atoms with van der Waals surface area (Å²) in [5, 5.41) is 194. The predicted molar refractivity (Wildman–Crippen MR) is 336 cm³/mol. The van der Waals surface area contributed by atoms with E-state index in [0.29, 0.717) is 5.69 Å². The number of aromatic nitrogens is 1. The number of cyclic esters (lactones) is 1. The zero-order valence-electron chi connectivity index (χ0n) is 53.8. The number of fused-ring (bicyclic) bond motifs is 2. The molecule has 0 aliphatic carbocycles. The molecule has 0 aromatic carbocycles. The van der Waals surface area contributed by atoms with Crippen LogP contribution >= 0.6 is 0 Å². The zero-order valence-corrected chi connectivity index (χ0v) is 53.8. The SMILES string of the molecule is C[C@@H]1[C@H](O)[C@@H](C)C=CC=CC=CC=CC=CC=CC=C[C@H](OC2O[C@H](C)[C@@H](O)[C@H](NC[C@@]3(O)OC[C@@H](O)[C@@H](OC4O[C@H](CO)[C@@H](O)[C@H](O)[C@H]4O)[C@@H]3O)[C@@H]2O)CC2O[C@](O)(C[C@@H](O)C[C@@H](O)[C@H](O)CC[C@@H](O)C[C@@H](O)CC(=O)O[C@H]1C)C[C@H](O)C2C(=O)NCCc1ccccn1. The summed E-state index contributed by atoms with van der Waals surface area (Å²) in [6.07, 6.45) is -12.1. The molecule has 4 unspecified atom stereocenters. The second-order valence-corrected chi connectivity index (χ2v) is 25.4. The summed E-state index contributed by atoms with van der Waals surface area (Å²) in [5.41, 5.74) is 0.641. The fourth-order valence-electron chi connectivity index (χ4n) is 12.0. The first-order valence-electron chi connectivity index (χ1n) is 32.4. The summed E-state index contributed by atoms with van der Waals surface area (Å²) in [6, 6.07) is 3.76. The number of aliphatic hydroxyl groups is 17. The lowest BCUT2D eigenvalue weighted by Gasteiger charge is -2.48. The van der Waals surface area contributed by atoms with E-state index in [0.717, 1.165) is 0 Å². The van der Waals surface area contributed by atoms with Gasteiger partial charge in [-0.3, -0.25) is 14.6 Å². The van der Waals surface area contributed by atoms with E-state index in [1.54, 1.807) is 117 Å². The summed E-state index contributed by atoms with van der Waals surface area (Å²) >= 11 is 0. The predicted octanol–water partition coefficient (Wildman–Crippen LogP) is -3.36. The van der Waals surface area contributed by atoms with Crippen molar-refractivity contribution in [2.24, 2.45) is 17.8 Å². The molecule has 536 valence electrons. The van der Waals surface area contributed by atoms with Crippen LogP contribution < -0.4 is 10.6 Å². The summed E-state index contributed by atoms with van der Waals surface area (Å²) in [4.78, 5) is 31.4. The van der Waals surface area contributed by atoms with Crippen molar-refractivity contribution in [3.63, 3.8) is 0 Å². The van der Waals surface area contributed by atoms with Gasteiger partial charge in [0.15, 0.2) is 18.4 Å². The van der Waals surface area contributed by atoms with Crippen LogP contribution in [-0.4, -0.2) is 282 Å². The zero-order chi connectivity index (χ0) is 69.7. The number of hydrogen-bond acceptors (Lipinski definition) is 28. The molecule has 0 saturated carbocycles. The normalized spacial score (nSPS) is 42.3. The second kappa shape index (κ2) is 38.0. The molecule has 1 amide bonds. The van der Waals surface area contributed by atoms with E-state index < -0.39 is 228 Å². The van der Waals surface area contributed by atoms with Crippen LogP contribution in [0.5, 0.6) is 0 Å². The van der Waals surface area contributed by atoms with Crippen LogP contribution in [0, 0.1) is 17.8 Å². The van der Waals surface area contributed by atoms with Gasteiger partial charge in [0.2, 0.25) is 11.7 Å². The fourth-order valence-corrected chi connectivity index (χ4v) is 12.0. The first-order chi connectivity index (χ1) is 45.0. The number of nitrogens with one attached hydrogen (secondary N) is 2. The summed E-state index contributed by atoms with van der Waals surface area (Å²) in [5.74, 6) is -8.87. The van der Waals surface area contributed by atoms with Crippen LogP contribution in [-0.2, 0) is 49.2 Å². The first kappa shape index (κ1) is 79.3. The van der Waals surface area contributed by atoms with Gasteiger partial charge < -0.3 is 131 Å². The Kier molecular flexibility index (Phi) is 31.8. The quantitative estimate of drug-likeness (QED) is 0.0909. The number of allylic oxidation sites excluding steroid dienone is 12. The highest BCUT2D eigenvalue weighted by Crippen LogP contribution is 2.39. The summed E-state index contributed by atoms with van der Waals surface area (Å²) < 4.78 is 40.8. The molecule has 5 aliphatic rings. The van der Waals surface area contributed by atoms with Crippen LogP contribution in [0.4, 0.5) is 0 Å². The van der Waals surface area contributed by atoms with E-state index >= 15 is 0 Å². The molecule has 0 spiro atoms. The van der Waals surface area contributed by atoms with Crippen molar-refractivity contribution in [2.75, 3.05) is 26.3 Å². The number of nitrogens with zero attached hydrogens (tertiary/aromatic N) is 1. The van der Waals surface area contributed by atoms with Gasteiger partial charge in [-0.25, -0.2) is 0 Å². The average Bonchev–Trinajstić information content (AvgIpc) is 0.789. The number of aliphatic hydroxyl groups excluding tert-OH is 15. The lowest BCUT2D eigenvalue weighted by Crippen LogP contribution is -2.70. The molecule has 6 rings (SSSR count). The fraction of sp³-hybridized carbons (Fsp3) is 0.682. The molecule has 1 aromatic rings. The van der Waals surface area contributed by atoms with Gasteiger partial charge in [0.05, 0.1) is 105 Å². The van der Waals surface area contributed by atoms with Gasteiger partial charge in [0.1, 0.15) is 54.9 Å². The number of carbonyl (C=O) groups is 2. The highest BCUT2D eigenvalue weighted by atomic mass is 16.7. The Balaban J connectivity index is 1.26. The van der Waals surface area contributed by atoms with E-state index in [4.69, 9.17) is 33.2 Å². The Morgan fingerprint density at radius 1 is 0.642 bits per heavy atom. The Morgan fingerprint density at radius 2 is 1.28 bits per heavy atom. The van der Waals surface area contributed by atoms with E-state index in [9.17, 15) is 96.4 Å². The van der Waals surface area contributed by atoms with Crippen LogP contribution in [0.2, 0.25) is 0 Å². The highest BCUT2D eigenvalue weighted by molar-refractivity contribution is 5.80. The van der Waals surface area contributed by atoms with Gasteiger partial charge in [-0.1, -0.05) is 105 Å². The molecule has 5 aliphatic heterocycles. The number of hydrogen-bond donors (Lipinski definition) is 19. The highest BCUT2D eigenvalue weighted by Gasteiger charge is 2.55. The number of carbonyl (C=O) groups excluding carboxylic acids is 2. The molecule has 19 N–H and O–H groups in total. The van der Waals surface area contributed by atoms with E-state index in [-0.39, 0.29) is 38.1 Å². The number of esters is 1. The molecule has 4 saturated heterocycles. The van der Waals surface area contributed by atoms with Crippen molar-refractivity contribution < 1.29 is 130 Å². The van der Waals surface area contributed by atoms with E-state index in [1.165, 1.54) is 13.0 Å². The van der Waals surface area contributed by atoms with Gasteiger partial charge in [-0.15, -0.1) is 0 Å². The maximum absolute atomic E-state index is 14.3. The van der Waals surface area contributed by atoms with Crippen molar-refractivity contribution in [2.45, 2.75) is 238 Å². The van der Waals surface area contributed by atoms with Crippen LogP contribution in [0.3, 0.4) is 0 Å². The smallest absolute Gasteiger partial charge is 0.308 e. The Labute approximate surface area is 552 Å². The van der Waals surface area contributed by atoms with Crippen molar-refractivity contribution in [3.05, 3.63) is 115 Å². The largest absolute Gasteiger partial charge is 0.462 e. The second-order valence-electron chi connectivity index (χ2n) is 25.4. The standard InChI is InChI=1S/C66H101N3O26/c1-36-19-15-13-11-9-7-5-6-8-10-12-14-16-21-44(92-63-57(82)53(55(80)39(4)91-63)69-35-66(88)61(85)60(48(77)34-89-66)94-64-59(84)58(83)56(81)50(33-70)93-64)30-49-52(62(86)68-26-24-40-20-17-18-25-67-40)47(76)32-65(87,95-49)31-43(73)28-46(75)45(74)23-22-41(71)27-42(72)29-51(78)90-38(3)37(2)54(36)79/h5-21,25,36-39,41-50,52-61,63-64,69-77,79-85,87-88H,22-24,26-35H2,1-4H3,(H,68,86)/t36-,37-,38-,39+,41+,42+,43-,44-,45+,46+,47-,48+,49?,50+,52?,53-,54+,55+,56+,57-,58-,59+,60+,61-,63?,64?,65+,66+/m0/s1. The minimum Gasteiger partial charge on any atom is -0.462 e. The van der Waals surface area contributed by atoms with Gasteiger partial charge in [0.25, 0.3) is 0 Å². The Hall–Kier alpha value is -4.69. The molecule has 0 radical (unpaired) electrons. The van der Waals surface area contributed by atoms with Crippen LogP contribution in [0.15, 0.2) is 109 Å². The molecule has 2 bridgehead atoms. The Bertz CT molecular complexity index is 2690. The molecular weight excluding hydrogens is 1250 g/mol. The topological polar surface area (TPSA) is 480 Å². The monoisotopic (exact) mass is 1350 g/mol. The maximum Gasteiger partial charge on any atom is 0.308 e. The molecule has 4 fully saturated rings. The number of ether oxygens (including phenoxy) is 7. The van der Waals surface area contributed by atoms with Crippen molar-refractivity contribution in [1.82, 2.24) is 15.6 Å². The minimum absolute atomic E-state index is 0.0461. The Morgan fingerprint density at radius 3 is 1.93 bits per heavy atom. The van der Waals surface area contributed by atoms with Gasteiger partial charge in [0, 0.05) is 62.4 Å².